The molecular formula is C12H20N2O4. The van der Waals surface area contributed by atoms with E-state index in [9.17, 15) is 14.7 Å². The minimum atomic E-state index is -1.03. The van der Waals surface area contributed by atoms with Gasteiger partial charge in [0.15, 0.2) is 0 Å². The van der Waals surface area contributed by atoms with Crippen molar-refractivity contribution in [2.45, 2.75) is 37.8 Å². The third kappa shape index (κ3) is 3.00. The third-order valence-electron chi connectivity index (χ3n) is 3.75. The predicted octanol–water partition coefficient (Wildman–Crippen LogP) is -0.577. The number of carboxylic acids is 1. The molecule has 0 aromatic heterocycles. The summed E-state index contributed by atoms with van der Waals surface area (Å²) in [7, 11) is 0. The number of carbonyl (C=O) groups excluding carboxylic acids is 1. The number of aliphatic hydroxyl groups excluding tert-OH is 1. The molecule has 2 unspecified atom stereocenters. The molecule has 6 nitrogen and oxygen atoms in total. The molecule has 0 saturated carbocycles. The van der Waals surface area contributed by atoms with Crippen LogP contribution in [0.4, 0.5) is 0 Å². The maximum atomic E-state index is 12.1. The zero-order valence-corrected chi connectivity index (χ0v) is 10.3. The lowest BCUT2D eigenvalue weighted by Gasteiger charge is -2.26. The Kier molecular flexibility index (Phi) is 4.19. The number of nitrogens with zero attached hydrogens (tertiary/aromatic N) is 1. The number of nitrogens with one attached hydrogen (secondary N) is 1. The van der Waals surface area contributed by atoms with Crippen LogP contribution in [-0.4, -0.2) is 58.8 Å². The molecule has 2 rings (SSSR count). The van der Waals surface area contributed by atoms with Crippen LogP contribution in [0.5, 0.6) is 0 Å². The number of carbonyl (C=O) groups is 2. The molecule has 102 valence electrons. The fraction of sp³-hybridized carbons (Fsp3) is 0.833. The molecule has 0 spiro atoms. The van der Waals surface area contributed by atoms with E-state index in [1.165, 1.54) is 4.90 Å². The molecule has 3 N–H and O–H groups in total. The van der Waals surface area contributed by atoms with Crippen molar-refractivity contribution in [1.29, 1.82) is 0 Å². The van der Waals surface area contributed by atoms with Crippen LogP contribution >= 0.6 is 0 Å². The first-order valence-electron chi connectivity index (χ1n) is 6.49. The number of aliphatic hydroxyl groups is 1. The summed E-state index contributed by atoms with van der Waals surface area (Å²) in [5.41, 5.74) is 0. The quantitative estimate of drug-likeness (QED) is 0.629. The molecule has 2 heterocycles. The van der Waals surface area contributed by atoms with Gasteiger partial charge in [0, 0.05) is 19.4 Å². The monoisotopic (exact) mass is 256 g/mol. The summed E-state index contributed by atoms with van der Waals surface area (Å²) >= 11 is 0. The van der Waals surface area contributed by atoms with Crippen LogP contribution in [0, 0.1) is 5.92 Å². The van der Waals surface area contributed by atoms with Crippen LogP contribution in [-0.2, 0) is 9.59 Å². The van der Waals surface area contributed by atoms with Crippen LogP contribution in [0.25, 0.3) is 0 Å². The molecule has 0 aromatic carbocycles. The third-order valence-corrected chi connectivity index (χ3v) is 3.75. The number of hydrogen-bond acceptors (Lipinski definition) is 4. The van der Waals surface area contributed by atoms with Gasteiger partial charge in [0.1, 0.15) is 6.04 Å². The number of β-amino-alcohol motifs (C(OH)–C–C–N with tert-alkyl or cyclic N) is 1. The van der Waals surface area contributed by atoms with E-state index >= 15 is 0 Å². The van der Waals surface area contributed by atoms with Gasteiger partial charge in [0.2, 0.25) is 5.91 Å². The average molecular weight is 256 g/mol. The van der Waals surface area contributed by atoms with Gasteiger partial charge in [0.25, 0.3) is 0 Å². The van der Waals surface area contributed by atoms with Crippen LogP contribution in [0.15, 0.2) is 0 Å². The minimum Gasteiger partial charge on any atom is -0.480 e. The standard InChI is InChI=1S/C12H20N2O4/c15-9-5-10(12(17)18)14(7-9)11(16)4-8-2-1-3-13-6-8/h8-10,13,15H,1-7H2,(H,17,18)/t8?,9?,10-/m0/s1. The molecule has 0 aliphatic carbocycles. The predicted molar refractivity (Wildman–Crippen MR) is 64.0 cm³/mol. The molecule has 0 bridgehead atoms. The van der Waals surface area contributed by atoms with Gasteiger partial charge in [-0.2, -0.15) is 0 Å². The van der Waals surface area contributed by atoms with Crippen LogP contribution in [0.1, 0.15) is 25.7 Å². The summed E-state index contributed by atoms with van der Waals surface area (Å²) < 4.78 is 0. The van der Waals surface area contributed by atoms with E-state index < -0.39 is 18.1 Å². The lowest BCUT2D eigenvalue weighted by Crippen LogP contribution is -2.42. The molecule has 2 fully saturated rings. The highest BCUT2D eigenvalue weighted by molar-refractivity contribution is 5.84. The van der Waals surface area contributed by atoms with Gasteiger partial charge in [0.05, 0.1) is 6.10 Å². The van der Waals surface area contributed by atoms with Crippen molar-refractivity contribution in [2.75, 3.05) is 19.6 Å². The average Bonchev–Trinajstić information content (AvgIpc) is 2.73. The number of rotatable bonds is 3. The number of hydrogen-bond donors (Lipinski definition) is 3. The van der Waals surface area contributed by atoms with Crippen molar-refractivity contribution < 1.29 is 19.8 Å². The first-order chi connectivity index (χ1) is 8.58. The van der Waals surface area contributed by atoms with E-state index in [1.807, 2.05) is 0 Å². The highest BCUT2D eigenvalue weighted by Crippen LogP contribution is 2.22. The summed E-state index contributed by atoms with van der Waals surface area (Å²) in [6.45, 7) is 1.96. The number of amides is 1. The largest absolute Gasteiger partial charge is 0.480 e. The molecule has 6 heteroatoms. The van der Waals surface area contributed by atoms with Gasteiger partial charge in [-0.1, -0.05) is 0 Å². The molecule has 18 heavy (non-hydrogen) atoms. The molecule has 1 amide bonds. The maximum Gasteiger partial charge on any atom is 0.326 e. The van der Waals surface area contributed by atoms with Gasteiger partial charge in [-0.25, -0.2) is 4.79 Å². The number of likely N-dealkylation sites (tertiary alicyclic amines) is 1. The van der Waals surface area contributed by atoms with Crippen molar-refractivity contribution in [3.8, 4) is 0 Å². The number of piperidine rings is 1. The Bertz CT molecular complexity index is 328. The summed E-state index contributed by atoms with van der Waals surface area (Å²) in [5, 5.41) is 21.8. The maximum absolute atomic E-state index is 12.1. The van der Waals surface area contributed by atoms with Crippen molar-refractivity contribution >= 4 is 11.9 Å². The first-order valence-corrected chi connectivity index (χ1v) is 6.49. The van der Waals surface area contributed by atoms with Crippen LogP contribution < -0.4 is 5.32 Å². The topological polar surface area (TPSA) is 89.9 Å². The summed E-state index contributed by atoms with van der Waals surface area (Å²) in [6, 6.07) is -0.857. The first kappa shape index (κ1) is 13.3. The molecular weight excluding hydrogens is 236 g/mol. The zero-order chi connectivity index (χ0) is 13.1. The normalized spacial score (nSPS) is 32.5. The van der Waals surface area contributed by atoms with E-state index in [0.29, 0.717) is 12.3 Å². The van der Waals surface area contributed by atoms with Crippen molar-refractivity contribution in [1.82, 2.24) is 10.2 Å². The van der Waals surface area contributed by atoms with E-state index in [2.05, 4.69) is 5.32 Å². The van der Waals surface area contributed by atoms with Gasteiger partial charge < -0.3 is 20.4 Å². The Morgan fingerprint density at radius 3 is 2.78 bits per heavy atom. The van der Waals surface area contributed by atoms with Gasteiger partial charge in [-0.15, -0.1) is 0 Å². The number of carboxylic acid groups (broad SMARTS) is 1. The second-order valence-corrected chi connectivity index (χ2v) is 5.21. The lowest BCUT2D eigenvalue weighted by molar-refractivity contribution is -0.148. The molecule has 2 saturated heterocycles. The molecule has 2 aliphatic rings. The second kappa shape index (κ2) is 5.67. The van der Waals surface area contributed by atoms with E-state index in [0.717, 1.165) is 25.9 Å². The Hall–Kier alpha value is -1.14. The Morgan fingerprint density at radius 1 is 1.39 bits per heavy atom. The van der Waals surface area contributed by atoms with Crippen molar-refractivity contribution in [3.05, 3.63) is 0 Å². The van der Waals surface area contributed by atoms with Gasteiger partial charge >= 0.3 is 5.97 Å². The molecule has 3 atom stereocenters. The highest BCUT2D eigenvalue weighted by Gasteiger charge is 2.39. The summed E-state index contributed by atoms with van der Waals surface area (Å²) in [4.78, 5) is 24.5. The number of aliphatic carboxylic acids is 1. The summed E-state index contributed by atoms with van der Waals surface area (Å²) in [5.74, 6) is -0.882. The van der Waals surface area contributed by atoms with E-state index in [1.54, 1.807) is 0 Å². The van der Waals surface area contributed by atoms with E-state index in [-0.39, 0.29) is 18.9 Å². The van der Waals surface area contributed by atoms with E-state index in [4.69, 9.17) is 5.11 Å². The zero-order valence-electron chi connectivity index (χ0n) is 10.3. The Morgan fingerprint density at radius 2 is 2.17 bits per heavy atom. The SMILES string of the molecule is O=C(O)[C@@H]1CC(O)CN1C(=O)CC1CCCNC1. The molecule has 0 radical (unpaired) electrons. The molecule has 2 aliphatic heterocycles. The fourth-order valence-corrected chi connectivity index (χ4v) is 2.79. The fourth-order valence-electron chi connectivity index (χ4n) is 2.79. The second-order valence-electron chi connectivity index (χ2n) is 5.21. The minimum absolute atomic E-state index is 0.143. The highest BCUT2D eigenvalue weighted by atomic mass is 16.4. The van der Waals surface area contributed by atoms with Crippen molar-refractivity contribution in [2.24, 2.45) is 5.92 Å². The van der Waals surface area contributed by atoms with Gasteiger partial charge in [-0.05, 0) is 31.8 Å². The Labute approximate surface area is 106 Å². The molecule has 0 aromatic rings. The summed E-state index contributed by atoms with van der Waals surface area (Å²) in [6.07, 6.45) is 1.88. The van der Waals surface area contributed by atoms with Crippen LogP contribution in [0.3, 0.4) is 0 Å². The lowest BCUT2D eigenvalue weighted by atomic mass is 9.95. The van der Waals surface area contributed by atoms with Crippen LogP contribution in [0.2, 0.25) is 0 Å². The Balaban J connectivity index is 1.92. The van der Waals surface area contributed by atoms with Crippen molar-refractivity contribution in [3.63, 3.8) is 0 Å². The smallest absolute Gasteiger partial charge is 0.326 e. The van der Waals surface area contributed by atoms with Gasteiger partial charge in [-0.3, -0.25) is 4.79 Å².